The Kier molecular flexibility index (Phi) is 7.37. The molecular weight excluding hydrogens is 367 g/mol. The van der Waals surface area contributed by atoms with Crippen LogP contribution >= 0.6 is 23.2 Å². The van der Waals surface area contributed by atoms with Crippen LogP contribution < -0.4 is 14.8 Å². The first-order chi connectivity index (χ1) is 12.1. The molecule has 0 bridgehead atoms. The number of rotatable bonds is 8. The second-order valence-electron chi connectivity index (χ2n) is 4.68. The number of nitrogens with zero attached hydrogens (tertiary/aromatic N) is 1. The normalized spacial score (nSPS) is 10.5. The van der Waals surface area contributed by atoms with E-state index >= 15 is 0 Å². The summed E-state index contributed by atoms with van der Waals surface area (Å²) < 4.78 is 10.6. The molecule has 0 spiro atoms. The number of anilines is 1. The summed E-state index contributed by atoms with van der Waals surface area (Å²) in [5.74, 6) is 0.565. The molecule has 0 saturated carbocycles. The highest BCUT2D eigenvalue weighted by atomic mass is 35.5. The Hall–Kier alpha value is -2.44. The van der Waals surface area contributed by atoms with Crippen LogP contribution in [0.4, 0.5) is 5.69 Å². The van der Waals surface area contributed by atoms with Crippen molar-refractivity contribution in [2.24, 2.45) is 5.16 Å². The van der Waals surface area contributed by atoms with Gasteiger partial charge in [0.1, 0.15) is 24.3 Å². The molecule has 0 unspecified atom stereocenters. The van der Waals surface area contributed by atoms with E-state index in [0.29, 0.717) is 27.2 Å². The lowest BCUT2D eigenvalue weighted by Gasteiger charge is -2.08. The smallest absolute Gasteiger partial charge is 0.270 e. The van der Waals surface area contributed by atoms with Gasteiger partial charge in [0, 0.05) is 5.02 Å². The fourth-order valence-electron chi connectivity index (χ4n) is 1.83. The van der Waals surface area contributed by atoms with E-state index in [1.54, 1.807) is 30.3 Å². The van der Waals surface area contributed by atoms with Crippen molar-refractivity contribution >= 4 is 41.0 Å². The van der Waals surface area contributed by atoms with Crippen LogP contribution in [0.2, 0.25) is 10.0 Å². The first-order valence-corrected chi connectivity index (χ1v) is 8.03. The van der Waals surface area contributed by atoms with Gasteiger partial charge in [-0.3, -0.25) is 4.79 Å². The fraction of sp³-hybridized carbons (Fsp3) is 0.176. The molecule has 2 aromatic carbocycles. The molecule has 0 aliphatic rings. The van der Waals surface area contributed by atoms with Crippen molar-refractivity contribution in [3.8, 4) is 11.5 Å². The molecule has 0 saturated heterocycles. The maximum Gasteiger partial charge on any atom is 0.270 e. The van der Waals surface area contributed by atoms with Gasteiger partial charge in [-0.15, -0.1) is 0 Å². The van der Waals surface area contributed by atoms with Crippen LogP contribution in [0, 0.1) is 0 Å². The number of benzene rings is 2. The van der Waals surface area contributed by atoms with Gasteiger partial charge in [-0.25, -0.2) is 0 Å². The van der Waals surface area contributed by atoms with Gasteiger partial charge < -0.3 is 19.6 Å². The zero-order valence-electron chi connectivity index (χ0n) is 13.4. The number of oxime groups is 1. The minimum Gasteiger partial charge on any atom is -0.495 e. The molecule has 2 aromatic rings. The van der Waals surface area contributed by atoms with Crippen LogP contribution in [-0.4, -0.2) is 32.4 Å². The van der Waals surface area contributed by atoms with Gasteiger partial charge in [0.15, 0.2) is 6.61 Å². The summed E-state index contributed by atoms with van der Waals surface area (Å²) in [5.41, 5.74) is 0.438. The van der Waals surface area contributed by atoms with E-state index < -0.39 is 5.91 Å². The molecule has 1 amide bonds. The Morgan fingerprint density at radius 1 is 1.16 bits per heavy atom. The predicted octanol–water partition coefficient (Wildman–Crippen LogP) is 4.02. The number of halogens is 2. The quantitative estimate of drug-likeness (QED) is 0.425. The molecule has 0 fully saturated rings. The SMILES string of the molecule is COc1ccc(Cl)cc1NC(=O)/C=N/OCCOc1ccccc1Cl. The molecule has 0 aromatic heterocycles. The van der Waals surface area contributed by atoms with Crippen molar-refractivity contribution in [1.29, 1.82) is 0 Å². The lowest BCUT2D eigenvalue weighted by atomic mass is 10.3. The van der Waals surface area contributed by atoms with Crippen LogP contribution in [0.1, 0.15) is 0 Å². The Morgan fingerprint density at radius 3 is 2.72 bits per heavy atom. The average Bonchev–Trinajstić information content (AvgIpc) is 2.59. The van der Waals surface area contributed by atoms with Gasteiger partial charge in [-0.05, 0) is 30.3 Å². The highest BCUT2D eigenvalue weighted by Crippen LogP contribution is 2.27. The van der Waals surface area contributed by atoms with Crippen LogP contribution in [0.3, 0.4) is 0 Å². The summed E-state index contributed by atoms with van der Waals surface area (Å²) in [6.45, 7) is 0.403. The van der Waals surface area contributed by atoms with Crippen LogP contribution in [-0.2, 0) is 9.63 Å². The maximum absolute atomic E-state index is 11.8. The first-order valence-electron chi connectivity index (χ1n) is 7.27. The summed E-state index contributed by atoms with van der Waals surface area (Å²) in [5, 5.41) is 7.16. The molecule has 132 valence electrons. The summed E-state index contributed by atoms with van der Waals surface area (Å²) in [6.07, 6.45) is 1.01. The van der Waals surface area contributed by atoms with Gasteiger partial charge in [0.05, 0.1) is 17.8 Å². The molecule has 0 heterocycles. The number of para-hydroxylation sites is 1. The van der Waals surface area contributed by atoms with Crippen molar-refractivity contribution in [3.05, 3.63) is 52.5 Å². The van der Waals surface area contributed by atoms with E-state index in [1.807, 2.05) is 12.1 Å². The maximum atomic E-state index is 11.8. The molecule has 6 nitrogen and oxygen atoms in total. The third-order valence-electron chi connectivity index (χ3n) is 2.93. The summed E-state index contributed by atoms with van der Waals surface area (Å²) in [7, 11) is 1.50. The van der Waals surface area contributed by atoms with E-state index in [0.717, 1.165) is 6.21 Å². The van der Waals surface area contributed by atoms with E-state index in [9.17, 15) is 4.79 Å². The number of ether oxygens (including phenoxy) is 2. The Labute approximate surface area is 155 Å². The fourth-order valence-corrected chi connectivity index (χ4v) is 2.19. The number of carbonyl (C=O) groups is 1. The van der Waals surface area contributed by atoms with Gasteiger partial charge in [-0.2, -0.15) is 0 Å². The third-order valence-corrected chi connectivity index (χ3v) is 3.48. The topological polar surface area (TPSA) is 69.2 Å². The Balaban J connectivity index is 1.74. The second-order valence-corrected chi connectivity index (χ2v) is 5.52. The van der Waals surface area contributed by atoms with Crippen LogP contribution in [0.15, 0.2) is 47.6 Å². The molecule has 0 atom stereocenters. The van der Waals surface area contributed by atoms with Gasteiger partial charge >= 0.3 is 0 Å². The largest absolute Gasteiger partial charge is 0.495 e. The Morgan fingerprint density at radius 2 is 1.96 bits per heavy atom. The van der Waals surface area contributed by atoms with Gasteiger partial charge in [0.2, 0.25) is 0 Å². The minimum absolute atomic E-state index is 0.162. The highest BCUT2D eigenvalue weighted by Gasteiger charge is 2.06. The van der Waals surface area contributed by atoms with Gasteiger partial charge in [-0.1, -0.05) is 40.5 Å². The molecule has 25 heavy (non-hydrogen) atoms. The van der Waals surface area contributed by atoms with Crippen molar-refractivity contribution in [1.82, 2.24) is 0 Å². The summed E-state index contributed by atoms with van der Waals surface area (Å²) in [4.78, 5) is 16.8. The zero-order chi connectivity index (χ0) is 18.1. The van der Waals surface area contributed by atoms with Crippen molar-refractivity contribution in [2.75, 3.05) is 25.6 Å². The first kappa shape index (κ1) is 18.9. The van der Waals surface area contributed by atoms with Crippen molar-refractivity contribution < 1.29 is 19.1 Å². The molecule has 8 heteroatoms. The lowest BCUT2D eigenvalue weighted by molar-refractivity contribution is -0.110. The molecular formula is C17H16Cl2N2O4. The molecule has 1 N–H and O–H groups in total. The van der Waals surface area contributed by atoms with Gasteiger partial charge in [0.25, 0.3) is 5.91 Å². The minimum atomic E-state index is -0.479. The van der Waals surface area contributed by atoms with Crippen LogP contribution in [0.5, 0.6) is 11.5 Å². The predicted molar refractivity (Wildman–Crippen MR) is 98.0 cm³/mol. The highest BCUT2D eigenvalue weighted by molar-refractivity contribution is 6.33. The third kappa shape index (κ3) is 6.17. The van der Waals surface area contributed by atoms with Crippen molar-refractivity contribution in [2.45, 2.75) is 0 Å². The summed E-state index contributed by atoms with van der Waals surface area (Å²) >= 11 is 11.8. The summed E-state index contributed by atoms with van der Waals surface area (Å²) in [6, 6.07) is 12.0. The molecule has 0 radical (unpaired) electrons. The van der Waals surface area contributed by atoms with E-state index in [1.165, 1.54) is 7.11 Å². The van der Waals surface area contributed by atoms with E-state index in [2.05, 4.69) is 10.5 Å². The number of methoxy groups -OCH3 is 1. The average molecular weight is 383 g/mol. The zero-order valence-corrected chi connectivity index (χ0v) is 14.9. The number of nitrogens with one attached hydrogen (secondary N) is 1. The number of hydrogen-bond donors (Lipinski definition) is 1. The second kappa shape index (κ2) is 9.76. The number of hydrogen-bond acceptors (Lipinski definition) is 5. The Bertz CT molecular complexity index is 753. The monoisotopic (exact) mass is 382 g/mol. The van der Waals surface area contributed by atoms with E-state index in [4.69, 9.17) is 37.5 Å². The lowest BCUT2D eigenvalue weighted by Crippen LogP contribution is -2.14. The van der Waals surface area contributed by atoms with Crippen molar-refractivity contribution in [3.63, 3.8) is 0 Å². The van der Waals surface area contributed by atoms with Crippen LogP contribution in [0.25, 0.3) is 0 Å². The standard InChI is InChI=1S/C17H16Cl2N2O4/c1-23-16-7-6-12(18)10-14(16)21-17(22)11-20-25-9-8-24-15-5-3-2-4-13(15)19/h2-7,10-11H,8-9H2,1H3,(H,21,22)/b20-11+. The van der Waals surface area contributed by atoms with E-state index in [-0.39, 0.29) is 13.2 Å². The molecule has 0 aliphatic heterocycles. The molecule has 0 aliphatic carbocycles. The number of amides is 1. The number of carbonyl (C=O) groups excluding carboxylic acids is 1. The molecule has 2 rings (SSSR count).